The minimum Gasteiger partial charge on any atom is -0.326 e. The van der Waals surface area contributed by atoms with Crippen LogP contribution in [0.15, 0.2) is 40.2 Å². The van der Waals surface area contributed by atoms with Gasteiger partial charge in [-0.15, -0.1) is 11.3 Å². The summed E-state index contributed by atoms with van der Waals surface area (Å²) >= 11 is 4.63. The maximum Gasteiger partial charge on any atom is 0.245 e. The lowest BCUT2D eigenvalue weighted by Gasteiger charge is -2.21. The third-order valence-electron chi connectivity index (χ3n) is 2.95. The van der Waals surface area contributed by atoms with Crippen LogP contribution in [0.2, 0.25) is 0 Å². The van der Waals surface area contributed by atoms with Gasteiger partial charge in [-0.05, 0) is 45.6 Å². The first-order valence-corrected chi connectivity index (χ1v) is 12.2. The molecule has 0 spiro atoms. The quantitative estimate of drug-likeness (QED) is 0.704. The van der Waals surface area contributed by atoms with Crippen molar-refractivity contribution in [3.05, 3.63) is 45.1 Å². The molecule has 2 rings (SSSR count). The summed E-state index contributed by atoms with van der Waals surface area (Å²) in [6.07, 6.45) is 1.82. The molecule has 0 aliphatic rings. The van der Waals surface area contributed by atoms with Gasteiger partial charge in [0.15, 0.2) is 0 Å². The van der Waals surface area contributed by atoms with E-state index in [1.54, 1.807) is 0 Å². The molecule has 1 amide bonds. The summed E-state index contributed by atoms with van der Waals surface area (Å²) in [5.41, 5.74) is 0.361. The molecule has 0 aliphatic heterocycles. The average molecular weight is 467 g/mol. The molecule has 1 aromatic heterocycles. The maximum absolute atomic E-state index is 12.0. The van der Waals surface area contributed by atoms with Crippen LogP contribution < -0.4 is 9.03 Å². The molecule has 2 aromatic rings. The fourth-order valence-electron chi connectivity index (χ4n) is 2.11. The van der Waals surface area contributed by atoms with E-state index in [2.05, 4.69) is 21.2 Å². The molecule has 0 saturated carbocycles. The van der Waals surface area contributed by atoms with Gasteiger partial charge in [-0.25, -0.2) is 16.8 Å². The predicted octanol–water partition coefficient (Wildman–Crippen LogP) is 2.42. The lowest BCUT2D eigenvalue weighted by atomic mass is 10.2. The highest BCUT2D eigenvalue weighted by Gasteiger charge is 2.29. The van der Waals surface area contributed by atoms with E-state index >= 15 is 0 Å². The molecule has 0 fully saturated rings. The Bertz CT molecular complexity index is 953. The van der Waals surface area contributed by atoms with Crippen LogP contribution in [-0.4, -0.2) is 35.3 Å². The Morgan fingerprint density at radius 2 is 1.80 bits per heavy atom. The highest BCUT2D eigenvalue weighted by molar-refractivity contribution is 9.10. The SMILES string of the molecule is CS(=O)(=O)N(c1ccc(NC(=O)Cc2cccs2)cc1Br)S(C)(=O)=O. The maximum atomic E-state index is 12.0. The van der Waals surface area contributed by atoms with Crippen LogP contribution in [0.5, 0.6) is 0 Å². The smallest absolute Gasteiger partial charge is 0.245 e. The summed E-state index contributed by atoms with van der Waals surface area (Å²) in [5, 5.41) is 4.56. The predicted molar refractivity (Wildman–Crippen MR) is 103 cm³/mol. The second kappa shape index (κ2) is 7.44. The van der Waals surface area contributed by atoms with Crippen molar-refractivity contribution < 1.29 is 21.6 Å². The first-order valence-electron chi connectivity index (χ1n) is 6.81. The summed E-state index contributed by atoms with van der Waals surface area (Å²) in [6, 6.07) is 7.90. The normalized spacial score (nSPS) is 12.0. The number of benzene rings is 1. The number of thiophene rings is 1. The van der Waals surface area contributed by atoms with E-state index in [-0.39, 0.29) is 22.5 Å². The van der Waals surface area contributed by atoms with Crippen molar-refractivity contribution in [3.8, 4) is 0 Å². The molecule has 7 nitrogen and oxygen atoms in total. The first kappa shape index (κ1) is 19.9. The summed E-state index contributed by atoms with van der Waals surface area (Å²) in [4.78, 5) is 12.9. The molecule has 0 atom stereocenters. The van der Waals surface area contributed by atoms with Crippen LogP contribution in [0.25, 0.3) is 0 Å². The van der Waals surface area contributed by atoms with Crippen molar-refractivity contribution >= 4 is 64.6 Å². The fourth-order valence-corrected chi connectivity index (χ4v) is 6.61. The zero-order valence-electron chi connectivity index (χ0n) is 13.3. The summed E-state index contributed by atoms with van der Waals surface area (Å²) in [6.45, 7) is 0. The Kier molecular flexibility index (Phi) is 5.92. The molecule has 0 bridgehead atoms. The van der Waals surface area contributed by atoms with Gasteiger partial charge in [-0.2, -0.15) is 3.71 Å². The molecule has 1 heterocycles. The van der Waals surface area contributed by atoms with Gasteiger partial charge in [0.1, 0.15) is 0 Å². The minimum absolute atomic E-state index is 0.0544. The van der Waals surface area contributed by atoms with Crippen LogP contribution in [0.4, 0.5) is 11.4 Å². The summed E-state index contributed by atoms with van der Waals surface area (Å²) in [5.74, 6) is -0.231. The zero-order chi connectivity index (χ0) is 18.8. The number of sulfonamides is 2. The lowest BCUT2D eigenvalue weighted by molar-refractivity contribution is -0.115. The van der Waals surface area contributed by atoms with Gasteiger partial charge in [0.05, 0.1) is 24.6 Å². The number of amides is 1. The fraction of sp³-hybridized carbons (Fsp3) is 0.214. The van der Waals surface area contributed by atoms with Gasteiger partial charge >= 0.3 is 0 Å². The van der Waals surface area contributed by atoms with Crippen molar-refractivity contribution in [2.75, 3.05) is 21.5 Å². The van der Waals surface area contributed by atoms with E-state index in [1.807, 2.05) is 17.5 Å². The minimum atomic E-state index is -4.04. The standard InChI is InChI=1S/C14H15BrN2O5S3/c1-24(19,20)17(25(2,21)22)13-6-5-10(8-12(13)15)16-14(18)9-11-4-3-7-23-11/h3-8H,9H2,1-2H3,(H,16,18). The second-order valence-corrected chi connectivity index (χ2v) is 11.0. The molecule has 25 heavy (non-hydrogen) atoms. The molecule has 1 aromatic carbocycles. The van der Waals surface area contributed by atoms with Crippen molar-refractivity contribution in [2.45, 2.75) is 6.42 Å². The van der Waals surface area contributed by atoms with Crippen LogP contribution in [0, 0.1) is 0 Å². The Labute approximate surface area is 158 Å². The number of rotatable bonds is 6. The lowest BCUT2D eigenvalue weighted by Crippen LogP contribution is -2.35. The third-order valence-corrected chi connectivity index (χ3v) is 7.68. The molecule has 136 valence electrons. The number of carbonyl (C=O) groups is 1. The number of hydrogen-bond acceptors (Lipinski definition) is 6. The first-order chi connectivity index (χ1) is 11.5. The van der Waals surface area contributed by atoms with Gasteiger partial charge in [0, 0.05) is 15.0 Å². The second-order valence-electron chi connectivity index (χ2n) is 5.19. The number of nitrogens with one attached hydrogen (secondary N) is 1. The average Bonchev–Trinajstić information content (AvgIpc) is 2.91. The topological polar surface area (TPSA) is 101 Å². The number of halogens is 1. The molecule has 1 N–H and O–H groups in total. The van der Waals surface area contributed by atoms with E-state index in [1.165, 1.54) is 29.5 Å². The molecule has 11 heteroatoms. The molecule has 0 radical (unpaired) electrons. The van der Waals surface area contributed by atoms with Gasteiger partial charge < -0.3 is 5.32 Å². The monoisotopic (exact) mass is 466 g/mol. The van der Waals surface area contributed by atoms with Gasteiger partial charge in [0.2, 0.25) is 26.0 Å². The number of anilines is 2. The summed E-state index contributed by atoms with van der Waals surface area (Å²) in [7, 11) is -8.08. The summed E-state index contributed by atoms with van der Waals surface area (Å²) < 4.78 is 47.9. The van der Waals surface area contributed by atoms with Crippen molar-refractivity contribution in [2.24, 2.45) is 0 Å². The number of nitrogens with zero attached hydrogens (tertiary/aromatic N) is 1. The van der Waals surface area contributed by atoms with Crippen LogP contribution in [-0.2, 0) is 31.3 Å². The molecule has 0 aliphatic carbocycles. The highest BCUT2D eigenvalue weighted by atomic mass is 79.9. The van der Waals surface area contributed by atoms with E-state index in [0.717, 1.165) is 17.4 Å². The molecular formula is C14H15BrN2O5S3. The van der Waals surface area contributed by atoms with Crippen molar-refractivity contribution in [3.63, 3.8) is 0 Å². The van der Waals surface area contributed by atoms with E-state index in [0.29, 0.717) is 9.40 Å². The molecule has 0 saturated heterocycles. The number of carbonyl (C=O) groups excluding carboxylic acids is 1. The van der Waals surface area contributed by atoms with Crippen molar-refractivity contribution in [1.29, 1.82) is 0 Å². The Morgan fingerprint density at radius 1 is 1.16 bits per heavy atom. The van der Waals surface area contributed by atoms with Gasteiger partial charge in [-0.3, -0.25) is 4.79 Å². The van der Waals surface area contributed by atoms with Crippen LogP contribution >= 0.6 is 27.3 Å². The van der Waals surface area contributed by atoms with E-state index in [9.17, 15) is 21.6 Å². The van der Waals surface area contributed by atoms with Gasteiger partial charge in [0.25, 0.3) is 0 Å². The van der Waals surface area contributed by atoms with E-state index < -0.39 is 20.0 Å². The van der Waals surface area contributed by atoms with Crippen LogP contribution in [0.1, 0.15) is 4.88 Å². The Morgan fingerprint density at radius 3 is 2.28 bits per heavy atom. The van der Waals surface area contributed by atoms with E-state index in [4.69, 9.17) is 0 Å². The van der Waals surface area contributed by atoms with Gasteiger partial charge in [-0.1, -0.05) is 6.07 Å². The Balaban J connectivity index is 2.27. The Hall–Kier alpha value is -1.43. The highest BCUT2D eigenvalue weighted by Crippen LogP contribution is 2.32. The largest absolute Gasteiger partial charge is 0.326 e. The molecule has 0 unspecified atom stereocenters. The van der Waals surface area contributed by atoms with Crippen LogP contribution in [0.3, 0.4) is 0 Å². The molecular weight excluding hydrogens is 452 g/mol. The van der Waals surface area contributed by atoms with Crippen molar-refractivity contribution in [1.82, 2.24) is 0 Å². The number of hydrogen-bond donors (Lipinski definition) is 1. The zero-order valence-corrected chi connectivity index (χ0v) is 17.3. The third kappa shape index (κ3) is 5.27.